The molecule has 0 radical (unpaired) electrons. The van der Waals surface area contributed by atoms with Crippen molar-refractivity contribution in [2.45, 2.75) is 30.7 Å². The maximum Gasteiger partial charge on any atom is 0.424 e. The van der Waals surface area contributed by atoms with E-state index in [-0.39, 0.29) is 59.5 Å². The predicted octanol–water partition coefficient (Wildman–Crippen LogP) is 3.40. The van der Waals surface area contributed by atoms with Gasteiger partial charge in [-0.15, -0.1) is 0 Å². The number of pyridine rings is 1. The van der Waals surface area contributed by atoms with Crippen LogP contribution in [0.5, 0.6) is 17.2 Å². The summed E-state index contributed by atoms with van der Waals surface area (Å²) in [7, 11) is 1.31. The molecule has 1 unspecified atom stereocenters. The Morgan fingerprint density at radius 3 is 2.49 bits per heavy atom. The first-order valence-corrected chi connectivity index (χ1v) is 12.6. The number of hydrogen-bond acceptors (Lipinski definition) is 8. The molecule has 1 aromatic heterocycles. The van der Waals surface area contributed by atoms with Crippen LogP contribution in [0.3, 0.4) is 0 Å². The number of hydrogen-bond donors (Lipinski definition) is 4. The number of aromatic nitrogens is 1. The fourth-order valence-corrected chi connectivity index (χ4v) is 4.37. The van der Waals surface area contributed by atoms with E-state index < -0.39 is 41.3 Å². The number of alkyl halides is 3. The average molecular weight is 580 g/mol. The summed E-state index contributed by atoms with van der Waals surface area (Å²) < 4.78 is 73.4. The van der Waals surface area contributed by atoms with Crippen LogP contribution in [0.2, 0.25) is 0 Å². The van der Waals surface area contributed by atoms with Gasteiger partial charge in [0.1, 0.15) is 24.7 Å². The normalized spacial score (nSPS) is 17.8. The number of carbonyl (C=O) groups is 1. The fraction of sp³-hybridized carbons (Fsp3) is 0.357. The lowest BCUT2D eigenvalue weighted by atomic mass is 9.86. The van der Waals surface area contributed by atoms with Gasteiger partial charge in [0.05, 0.1) is 31.5 Å². The molecule has 0 saturated heterocycles. The van der Waals surface area contributed by atoms with Crippen molar-refractivity contribution >= 4 is 5.91 Å². The third kappa shape index (κ3) is 5.78. The number of rotatable bonds is 10. The van der Waals surface area contributed by atoms with Gasteiger partial charge in [-0.1, -0.05) is 6.92 Å². The quantitative estimate of drug-likeness (QED) is 0.269. The number of nitrogens with two attached hydrogens (primary N) is 1. The van der Waals surface area contributed by atoms with E-state index in [9.17, 15) is 27.5 Å². The number of carbonyl (C=O) groups excluding carboxylic acids is 1. The molecule has 9 nitrogen and oxygen atoms in total. The molecule has 5 N–H and O–H groups in total. The molecule has 2 aromatic carbocycles. The van der Waals surface area contributed by atoms with Gasteiger partial charge in [0.2, 0.25) is 5.60 Å². The van der Waals surface area contributed by atoms with Gasteiger partial charge >= 0.3 is 6.18 Å². The van der Waals surface area contributed by atoms with Crippen LogP contribution < -0.4 is 25.3 Å². The summed E-state index contributed by atoms with van der Waals surface area (Å²) in [5.41, 5.74) is 1.13. The molecule has 41 heavy (non-hydrogen) atoms. The third-order valence-electron chi connectivity index (χ3n) is 6.90. The Morgan fingerprint density at radius 1 is 1.17 bits per heavy atom. The largest absolute Gasteiger partial charge is 0.493 e. The molecule has 0 bridgehead atoms. The van der Waals surface area contributed by atoms with Crippen LogP contribution in [0.1, 0.15) is 35.0 Å². The lowest BCUT2D eigenvalue weighted by Crippen LogP contribution is -2.51. The second-order valence-corrected chi connectivity index (χ2v) is 9.52. The molecule has 13 heteroatoms. The van der Waals surface area contributed by atoms with E-state index in [0.717, 1.165) is 18.2 Å². The van der Waals surface area contributed by atoms with Gasteiger partial charge in [0.15, 0.2) is 17.2 Å². The molecule has 0 fully saturated rings. The van der Waals surface area contributed by atoms with Crippen molar-refractivity contribution in [2.24, 2.45) is 5.73 Å². The van der Waals surface area contributed by atoms with Gasteiger partial charge in [-0.25, -0.2) is 9.37 Å². The van der Waals surface area contributed by atoms with E-state index in [1.807, 2.05) is 0 Å². The van der Waals surface area contributed by atoms with Crippen LogP contribution in [-0.4, -0.2) is 60.8 Å². The van der Waals surface area contributed by atoms with E-state index >= 15 is 0 Å². The van der Waals surface area contributed by atoms with E-state index in [2.05, 4.69) is 10.3 Å². The summed E-state index contributed by atoms with van der Waals surface area (Å²) in [6.45, 7) is 0.0948. The maximum absolute atomic E-state index is 14.5. The second-order valence-electron chi connectivity index (χ2n) is 9.52. The number of methoxy groups -OCH3 is 1. The molecule has 2 atom stereocenters. The molecule has 0 aliphatic carbocycles. The summed E-state index contributed by atoms with van der Waals surface area (Å²) in [5.74, 6) is -1.05. The molecule has 1 amide bonds. The lowest BCUT2D eigenvalue weighted by Gasteiger charge is -2.31. The van der Waals surface area contributed by atoms with Crippen molar-refractivity contribution < 1.29 is 46.8 Å². The summed E-state index contributed by atoms with van der Waals surface area (Å²) in [5, 5.41) is 22.2. The highest BCUT2D eigenvalue weighted by atomic mass is 19.4. The van der Waals surface area contributed by atoms with Gasteiger partial charge in [-0.05, 0) is 55.0 Å². The fourth-order valence-electron chi connectivity index (χ4n) is 4.37. The number of halogens is 4. The number of amides is 1. The molecule has 4 rings (SSSR count). The minimum absolute atomic E-state index is 0.0403. The van der Waals surface area contributed by atoms with Gasteiger partial charge in [0.25, 0.3) is 5.91 Å². The Hall–Kier alpha value is -3.94. The van der Waals surface area contributed by atoms with Crippen LogP contribution in [0.4, 0.5) is 17.6 Å². The predicted molar refractivity (Wildman–Crippen MR) is 139 cm³/mol. The Bertz CT molecular complexity index is 1420. The van der Waals surface area contributed by atoms with E-state index in [1.54, 1.807) is 6.92 Å². The smallest absolute Gasteiger partial charge is 0.424 e. The number of benzene rings is 2. The zero-order chi connectivity index (χ0) is 30.0. The van der Waals surface area contributed by atoms with Crippen molar-refractivity contribution in [2.75, 3.05) is 33.5 Å². The molecular weight excluding hydrogens is 550 g/mol. The van der Waals surface area contributed by atoms with Gasteiger partial charge in [0, 0.05) is 16.7 Å². The molecule has 220 valence electrons. The standard InChI is InChI=1S/C28H29F4N3O6/c1-3-26(33)15-41-24-19(26)13-22(35-23(24)16-4-7-18(29)8-5-16)27(38,28(30,31)32)14-34-25(37)17-6-9-20(40-11-10-36)21(12-17)39-2/h4-9,12-13,36,38H,3,10-11,14-15,33H2,1-2H3,(H,34,37)/t26-,27?/m0/s1. The summed E-state index contributed by atoms with van der Waals surface area (Å²) >= 11 is 0. The first-order chi connectivity index (χ1) is 19.4. The van der Waals surface area contributed by atoms with Crippen LogP contribution in [0, 0.1) is 5.82 Å². The topological polar surface area (TPSA) is 136 Å². The lowest BCUT2D eigenvalue weighted by molar-refractivity contribution is -0.265. The van der Waals surface area contributed by atoms with E-state index in [1.165, 1.54) is 37.4 Å². The highest BCUT2D eigenvalue weighted by molar-refractivity contribution is 5.95. The molecule has 0 spiro atoms. The minimum Gasteiger partial charge on any atom is -0.493 e. The molecule has 1 aliphatic heterocycles. The monoisotopic (exact) mass is 579 g/mol. The number of ether oxygens (including phenoxy) is 3. The number of nitrogens with one attached hydrogen (secondary N) is 1. The zero-order valence-corrected chi connectivity index (χ0v) is 22.2. The van der Waals surface area contributed by atoms with Gasteiger partial charge in [-0.2, -0.15) is 13.2 Å². The molecule has 1 aliphatic rings. The highest BCUT2D eigenvalue weighted by Crippen LogP contribution is 2.47. The van der Waals surface area contributed by atoms with Crippen LogP contribution in [-0.2, 0) is 11.1 Å². The van der Waals surface area contributed by atoms with Crippen molar-refractivity contribution in [3.63, 3.8) is 0 Å². The van der Waals surface area contributed by atoms with E-state index in [0.29, 0.717) is 6.42 Å². The Balaban J connectivity index is 1.73. The summed E-state index contributed by atoms with van der Waals surface area (Å²) in [6, 6.07) is 9.81. The molecular formula is C28H29F4N3O6. The van der Waals surface area contributed by atoms with Crippen molar-refractivity contribution in [1.82, 2.24) is 10.3 Å². The number of aliphatic hydroxyl groups excluding tert-OH is 1. The average Bonchev–Trinajstić information content (AvgIpc) is 3.30. The number of aliphatic hydroxyl groups is 2. The summed E-state index contributed by atoms with van der Waals surface area (Å²) in [4.78, 5) is 17.0. The maximum atomic E-state index is 14.5. The Labute approximate surface area is 232 Å². The van der Waals surface area contributed by atoms with E-state index in [4.69, 9.17) is 25.1 Å². The first-order valence-electron chi connectivity index (χ1n) is 12.6. The zero-order valence-electron chi connectivity index (χ0n) is 22.2. The van der Waals surface area contributed by atoms with Crippen LogP contribution in [0.25, 0.3) is 11.3 Å². The highest BCUT2D eigenvalue weighted by Gasteiger charge is 2.57. The summed E-state index contributed by atoms with van der Waals surface area (Å²) in [6.07, 6.45) is -4.99. The Morgan fingerprint density at radius 2 is 1.88 bits per heavy atom. The van der Waals surface area contributed by atoms with Crippen molar-refractivity contribution in [1.29, 1.82) is 0 Å². The van der Waals surface area contributed by atoms with Crippen molar-refractivity contribution in [3.05, 3.63) is 71.2 Å². The molecule has 0 saturated carbocycles. The SMILES string of the molecule is CC[C@]1(N)COc2c1cc(C(O)(CNC(=O)c1ccc(OCCO)c(OC)c1)C(F)(F)F)nc2-c1ccc(F)cc1. The Kier molecular flexibility index (Phi) is 8.43. The number of fused-ring (bicyclic) bond motifs is 1. The van der Waals surface area contributed by atoms with Crippen LogP contribution in [0.15, 0.2) is 48.5 Å². The third-order valence-corrected chi connectivity index (χ3v) is 6.90. The minimum atomic E-state index is -5.29. The van der Waals surface area contributed by atoms with Crippen molar-refractivity contribution in [3.8, 4) is 28.5 Å². The van der Waals surface area contributed by atoms with Gasteiger partial charge < -0.3 is 35.5 Å². The number of nitrogens with zero attached hydrogens (tertiary/aromatic N) is 1. The molecule has 3 aromatic rings. The first kappa shape index (κ1) is 30.0. The van der Waals surface area contributed by atoms with Gasteiger partial charge in [-0.3, -0.25) is 4.79 Å². The van der Waals surface area contributed by atoms with Crippen LogP contribution >= 0.6 is 0 Å². The second kappa shape index (κ2) is 11.5. The molecule has 2 heterocycles.